The van der Waals surface area contributed by atoms with Crippen molar-refractivity contribution in [2.45, 2.75) is 6.04 Å². The molecule has 0 saturated heterocycles. The standard InChI is InChI=1S/C12H10Br3NOS/c1-17-9-3-2-6(13)4-7(9)11(16)10-5-8(14)12(15)18-10/h2-5,11H,16H2,1H3. The highest BCUT2D eigenvalue weighted by Crippen LogP contribution is 2.39. The molecular weight excluding hydrogens is 446 g/mol. The van der Waals surface area contributed by atoms with E-state index in [9.17, 15) is 0 Å². The Morgan fingerprint density at radius 3 is 2.50 bits per heavy atom. The van der Waals surface area contributed by atoms with E-state index in [1.165, 1.54) is 0 Å². The van der Waals surface area contributed by atoms with Crippen LogP contribution in [0.3, 0.4) is 0 Å². The molecule has 0 aliphatic rings. The van der Waals surface area contributed by atoms with Gasteiger partial charge in [0.05, 0.1) is 16.9 Å². The van der Waals surface area contributed by atoms with Crippen LogP contribution in [-0.2, 0) is 0 Å². The third-order valence-corrected chi connectivity index (χ3v) is 6.33. The molecule has 1 aromatic carbocycles. The van der Waals surface area contributed by atoms with E-state index in [2.05, 4.69) is 47.8 Å². The quantitative estimate of drug-likeness (QED) is 0.699. The van der Waals surface area contributed by atoms with E-state index >= 15 is 0 Å². The van der Waals surface area contributed by atoms with Crippen LogP contribution in [0.2, 0.25) is 0 Å². The van der Waals surface area contributed by atoms with E-state index in [1.807, 2.05) is 24.3 Å². The summed E-state index contributed by atoms with van der Waals surface area (Å²) in [7, 11) is 1.65. The Morgan fingerprint density at radius 1 is 1.22 bits per heavy atom. The van der Waals surface area contributed by atoms with Crippen molar-refractivity contribution in [2.24, 2.45) is 5.73 Å². The zero-order chi connectivity index (χ0) is 13.3. The average molecular weight is 456 g/mol. The molecule has 2 N–H and O–H groups in total. The Hall–Kier alpha value is 0.120. The Kier molecular flexibility index (Phi) is 4.88. The summed E-state index contributed by atoms with van der Waals surface area (Å²) < 4.78 is 8.41. The second-order valence-electron chi connectivity index (χ2n) is 3.63. The van der Waals surface area contributed by atoms with Gasteiger partial charge in [-0.15, -0.1) is 11.3 Å². The molecule has 0 fully saturated rings. The van der Waals surface area contributed by atoms with E-state index in [0.717, 1.165) is 28.9 Å². The van der Waals surface area contributed by atoms with E-state index in [4.69, 9.17) is 10.5 Å². The maximum atomic E-state index is 6.31. The molecule has 0 radical (unpaired) electrons. The number of benzene rings is 1. The zero-order valence-electron chi connectivity index (χ0n) is 9.41. The largest absolute Gasteiger partial charge is 0.496 e. The Labute approximate surface area is 135 Å². The summed E-state index contributed by atoms with van der Waals surface area (Å²) in [6.07, 6.45) is 0. The van der Waals surface area contributed by atoms with Crippen LogP contribution in [-0.4, -0.2) is 7.11 Å². The second kappa shape index (κ2) is 6.05. The number of methoxy groups -OCH3 is 1. The molecular formula is C12H10Br3NOS. The van der Waals surface area contributed by atoms with Gasteiger partial charge in [0.25, 0.3) is 0 Å². The van der Waals surface area contributed by atoms with Gasteiger partial charge in [0.1, 0.15) is 5.75 Å². The Morgan fingerprint density at radius 2 is 1.94 bits per heavy atom. The first-order valence-corrected chi connectivity index (χ1v) is 8.26. The molecule has 1 aromatic heterocycles. The van der Waals surface area contributed by atoms with E-state index in [0.29, 0.717) is 0 Å². The van der Waals surface area contributed by atoms with Crippen molar-refractivity contribution in [3.05, 3.63) is 47.4 Å². The van der Waals surface area contributed by atoms with Gasteiger partial charge in [0, 0.05) is 19.4 Å². The van der Waals surface area contributed by atoms with E-state index < -0.39 is 0 Å². The van der Waals surface area contributed by atoms with Crippen LogP contribution >= 0.6 is 59.1 Å². The number of thiophene rings is 1. The van der Waals surface area contributed by atoms with Gasteiger partial charge in [0.2, 0.25) is 0 Å². The Bertz CT molecular complexity index is 551. The van der Waals surface area contributed by atoms with Gasteiger partial charge in [0.15, 0.2) is 0 Å². The highest BCUT2D eigenvalue weighted by molar-refractivity contribution is 9.13. The lowest BCUT2D eigenvalue weighted by Crippen LogP contribution is -2.11. The third kappa shape index (κ3) is 2.99. The fourth-order valence-corrected chi connectivity index (χ4v) is 4.11. The van der Waals surface area contributed by atoms with E-state index in [-0.39, 0.29) is 6.04 Å². The number of halogens is 3. The summed E-state index contributed by atoms with van der Waals surface area (Å²) >= 11 is 12.0. The molecule has 0 bridgehead atoms. The van der Waals surface area contributed by atoms with Crippen molar-refractivity contribution < 1.29 is 4.74 Å². The summed E-state index contributed by atoms with van der Waals surface area (Å²) in [4.78, 5) is 1.07. The van der Waals surface area contributed by atoms with Crippen LogP contribution < -0.4 is 10.5 Å². The van der Waals surface area contributed by atoms with Crippen LogP contribution in [0, 0.1) is 0 Å². The van der Waals surface area contributed by atoms with Crippen LogP contribution in [0.15, 0.2) is 37.0 Å². The number of ether oxygens (including phenoxy) is 1. The average Bonchev–Trinajstić information content (AvgIpc) is 2.68. The molecule has 2 nitrogen and oxygen atoms in total. The molecule has 1 heterocycles. The van der Waals surface area contributed by atoms with Crippen molar-refractivity contribution in [3.8, 4) is 5.75 Å². The number of hydrogen-bond donors (Lipinski definition) is 1. The maximum absolute atomic E-state index is 6.31. The second-order valence-corrected chi connectivity index (χ2v) is 7.81. The lowest BCUT2D eigenvalue weighted by Gasteiger charge is -2.14. The monoisotopic (exact) mass is 453 g/mol. The van der Waals surface area contributed by atoms with Crippen molar-refractivity contribution in [2.75, 3.05) is 7.11 Å². The van der Waals surface area contributed by atoms with Gasteiger partial charge < -0.3 is 10.5 Å². The number of hydrogen-bond acceptors (Lipinski definition) is 3. The van der Waals surface area contributed by atoms with Gasteiger partial charge in [-0.1, -0.05) is 15.9 Å². The molecule has 0 aliphatic heterocycles. The van der Waals surface area contributed by atoms with Crippen LogP contribution in [0.4, 0.5) is 0 Å². The van der Waals surface area contributed by atoms with Crippen molar-refractivity contribution in [3.63, 3.8) is 0 Å². The number of rotatable bonds is 3. The first-order valence-electron chi connectivity index (χ1n) is 5.06. The van der Waals surface area contributed by atoms with Crippen LogP contribution in [0.25, 0.3) is 0 Å². The molecule has 0 spiro atoms. The summed E-state index contributed by atoms with van der Waals surface area (Å²) in [5.41, 5.74) is 7.28. The van der Waals surface area contributed by atoms with Gasteiger partial charge >= 0.3 is 0 Å². The van der Waals surface area contributed by atoms with Crippen LogP contribution in [0.1, 0.15) is 16.5 Å². The fraction of sp³-hybridized carbons (Fsp3) is 0.167. The molecule has 1 atom stereocenters. The third-order valence-electron chi connectivity index (χ3n) is 2.50. The first-order chi connectivity index (χ1) is 8.52. The topological polar surface area (TPSA) is 35.2 Å². The highest BCUT2D eigenvalue weighted by Gasteiger charge is 2.17. The first kappa shape index (κ1) is 14.5. The minimum Gasteiger partial charge on any atom is -0.496 e. The van der Waals surface area contributed by atoms with Gasteiger partial charge in [-0.3, -0.25) is 0 Å². The summed E-state index contributed by atoms with van der Waals surface area (Å²) in [6.45, 7) is 0. The molecule has 0 saturated carbocycles. The van der Waals surface area contributed by atoms with Crippen molar-refractivity contribution >= 4 is 59.1 Å². The highest BCUT2D eigenvalue weighted by atomic mass is 79.9. The number of nitrogens with two attached hydrogens (primary N) is 1. The Balaban J connectivity index is 2.44. The smallest absolute Gasteiger partial charge is 0.124 e. The van der Waals surface area contributed by atoms with Crippen LogP contribution in [0.5, 0.6) is 5.75 Å². The van der Waals surface area contributed by atoms with E-state index in [1.54, 1.807) is 18.4 Å². The molecule has 1 unspecified atom stereocenters. The lowest BCUT2D eigenvalue weighted by atomic mass is 10.1. The zero-order valence-corrected chi connectivity index (χ0v) is 15.0. The maximum Gasteiger partial charge on any atom is 0.124 e. The molecule has 96 valence electrons. The summed E-state index contributed by atoms with van der Waals surface area (Å²) in [6, 6.07) is 7.67. The normalized spacial score (nSPS) is 12.5. The van der Waals surface area contributed by atoms with Crippen molar-refractivity contribution in [1.82, 2.24) is 0 Å². The summed E-state index contributed by atoms with van der Waals surface area (Å²) in [5.74, 6) is 0.798. The molecule has 0 aliphatic carbocycles. The molecule has 2 rings (SSSR count). The van der Waals surface area contributed by atoms with Crippen molar-refractivity contribution in [1.29, 1.82) is 0 Å². The van der Waals surface area contributed by atoms with Gasteiger partial charge in [-0.05, 0) is 56.1 Å². The predicted molar refractivity (Wildman–Crippen MR) is 86.4 cm³/mol. The minimum absolute atomic E-state index is 0.204. The SMILES string of the molecule is COc1ccc(Br)cc1C(N)c1cc(Br)c(Br)s1. The predicted octanol–water partition coefficient (Wildman–Crippen LogP) is 5.09. The molecule has 18 heavy (non-hydrogen) atoms. The van der Waals surface area contributed by atoms with Gasteiger partial charge in [-0.25, -0.2) is 0 Å². The molecule has 0 amide bonds. The summed E-state index contributed by atoms with van der Waals surface area (Å²) in [5, 5.41) is 0. The molecule has 2 aromatic rings. The fourth-order valence-electron chi connectivity index (χ4n) is 1.62. The molecule has 6 heteroatoms. The minimum atomic E-state index is -0.204. The lowest BCUT2D eigenvalue weighted by molar-refractivity contribution is 0.408. The van der Waals surface area contributed by atoms with Gasteiger partial charge in [-0.2, -0.15) is 0 Å².